The zero-order valence-corrected chi connectivity index (χ0v) is 28.1. The third-order valence-electron chi connectivity index (χ3n) is 9.39. The summed E-state index contributed by atoms with van der Waals surface area (Å²) in [5.74, 6) is -2.42. The predicted octanol–water partition coefficient (Wildman–Crippen LogP) is 5.99. The Kier molecular flexibility index (Phi) is 8.25. The summed E-state index contributed by atoms with van der Waals surface area (Å²) in [6.45, 7) is 5.78. The number of halogens is 3. The van der Waals surface area contributed by atoms with Crippen LogP contribution in [0, 0.1) is 18.3 Å². The molecule has 5 aromatic rings. The van der Waals surface area contributed by atoms with E-state index >= 15 is 0 Å². The summed E-state index contributed by atoms with van der Waals surface area (Å²) in [6.07, 6.45) is 2.70. The van der Waals surface area contributed by atoms with Crippen LogP contribution in [0.15, 0.2) is 46.8 Å². The predicted molar refractivity (Wildman–Crippen MR) is 182 cm³/mol. The number of aromatic carboxylic acids is 1. The zero-order valence-electron chi connectivity index (χ0n) is 26.5. The summed E-state index contributed by atoms with van der Waals surface area (Å²) in [5.41, 5.74) is 1.30. The Morgan fingerprint density at radius 3 is 2.61 bits per heavy atom. The highest BCUT2D eigenvalue weighted by Gasteiger charge is 2.56. The fourth-order valence-electron chi connectivity index (χ4n) is 7.04. The van der Waals surface area contributed by atoms with Crippen molar-refractivity contribution in [1.82, 2.24) is 24.4 Å². The molecule has 1 saturated carbocycles. The molecule has 252 valence electrons. The van der Waals surface area contributed by atoms with Gasteiger partial charge in [0.15, 0.2) is 0 Å². The minimum Gasteiger partial charge on any atom is -0.491 e. The number of alkyl halides is 2. The Morgan fingerprint density at radius 2 is 1.92 bits per heavy atom. The molecule has 0 atom stereocenters. The van der Waals surface area contributed by atoms with E-state index in [-0.39, 0.29) is 42.5 Å². The van der Waals surface area contributed by atoms with Crippen LogP contribution in [0.4, 0.5) is 14.6 Å². The van der Waals surface area contributed by atoms with Crippen LogP contribution in [-0.2, 0) is 6.54 Å². The number of aryl methyl sites for hydroxylation is 1. The molecule has 11 nitrogen and oxygen atoms in total. The van der Waals surface area contributed by atoms with Crippen LogP contribution in [0.5, 0.6) is 5.75 Å². The largest absolute Gasteiger partial charge is 0.491 e. The van der Waals surface area contributed by atoms with Gasteiger partial charge in [-0.1, -0.05) is 11.6 Å². The molecule has 0 spiro atoms. The van der Waals surface area contributed by atoms with Gasteiger partial charge in [0.2, 0.25) is 0 Å². The number of carbonyl (C=O) groups is 1. The highest BCUT2D eigenvalue weighted by molar-refractivity contribution is 7.18. The van der Waals surface area contributed by atoms with Crippen molar-refractivity contribution in [3.63, 3.8) is 0 Å². The fraction of sp³-hybridized carbons (Fsp3) is 0.353. The van der Waals surface area contributed by atoms with E-state index in [4.69, 9.17) is 16.3 Å². The molecule has 1 aliphatic heterocycles. The topological polar surface area (TPSA) is 137 Å². The van der Waals surface area contributed by atoms with Crippen LogP contribution >= 0.6 is 22.9 Å². The van der Waals surface area contributed by atoms with E-state index in [1.54, 1.807) is 36.6 Å². The van der Waals surface area contributed by atoms with Gasteiger partial charge < -0.3 is 14.7 Å². The van der Waals surface area contributed by atoms with E-state index < -0.39 is 23.0 Å². The van der Waals surface area contributed by atoms with Gasteiger partial charge in [-0.3, -0.25) is 19.2 Å². The molecule has 4 aromatic heterocycles. The lowest BCUT2D eigenvalue weighted by molar-refractivity contribution is -0.169. The second kappa shape index (κ2) is 12.3. The average Bonchev–Trinajstić information content (AvgIpc) is 3.50. The number of piperazine rings is 1. The Labute approximate surface area is 288 Å². The van der Waals surface area contributed by atoms with Crippen molar-refractivity contribution in [2.24, 2.45) is 0 Å². The summed E-state index contributed by atoms with van der Waals surface area (Å²) in [6, 6.07) is 9.08. The van der Waals surface area contributed by atoms with Gasteiger partial charge in [0, 0.05) is 72.3 Å². The maximum Gasteiger partial charge on any atom is 0.338 e. The molecular weight excluding hydrogens is 676 g/mol. The van der Waals surface area contributed by atoms with E-state index in [0.717, 1.165) is 0 Å². The third kappa shape index (κ3) is 5.85. The average molecular weight is 706 g/mol. The van der Waals surface area contributed by atoms with Gasteiger partial charge in [0.1, 0.15) is 35.6 Å². The summed E-state index contributed by atoms with van der Waals surface area (Å²) in [5, 5.41) is 22.0. The van der Waals surface area contributed by atoms with E-state index in [0.29, 0.717) is 75.5 Å². The van der Waals surface area contributed by atoms with Crippen LogP contribution in [-0.4, -0.2) is 79.7 Å². The number of ether oxygens (including phenoxy) is 1. The number of carboxylic acids is 1. The molecule has 5 heterocycles. The number of nitriles is 1. The van der Waals surface area contributed by atoms with Gasteiger partial charge in [-0.2, -0.15) is 5.26 Å². The van der Waals surface area contributed by atoms with Crippen LogP contribution in [0.2, 0.25) is 5.02 Å². The number of benzene rings is 1. The van der Waals surface area contributed by atoms with Crippen molar-refractivity contribution in [3.05, 3.63) is 74.4 Å². The Hall–Kier alpha value is -4.71. The van der Waals surface area contributed by atoms with Crippen molar-refractivity contribution in [1.29, 1.82) is 5.26 Å². The number of pyridine rings is 2. The molecule has 49 heavy (non-hydrogen) atoms. The first-order valence-electron chi connectivity index (χ1n) is 15.6. The monoisotopic (exact) mass is 705 g/mol. The lowest BCUT2D eigenvalue weighted by Gasteiger charge is -2.54. The molecule has 1 aromatic carbocycles. The van der Waals surface area contributed by atoms with Gasteiger partial charge in [-0.15, -0.1) is 11.3 Å². The Bertz CT molecular complexity index is 2240. The van der Waals surface area contributed by atoms with E-state index in [1.165, 1.54) is 28.3 Å². The summed E-state index contributed by atoms with van der Waals surface area (Å²) in [4.78, 5) is 43.0. The standard InChI is InChI=1S/C34H30ClF2N7O4S/c1-19-41-25-15-40-30(42-7-9-43(10-8-42)33(2)17-34(36,37)18-33)23(14-38)27(25)31(45)44(19)11-12-48-26-4-3-20(35)13-22(26)21-5-6-39-28-24(32(46)47)16-49-29(21)28/h3-6,13,15-16H,7-12,17-18H2,1-2H3,(H,46,47). The molecule has 1 saturated heterocycles. The van der Waals surface area contributed by atoms with Crippen LogP contribution in [0.3, 0.4) is 0 Å². The number of aromatic nitrogens is 4. The first kappa shape index (κ1) is 32.8. The minimum atomic E-state index is -2.63. The van der Waals surface area contributed by atoms with Gasteiger partial charge in [-0.25, -0.2) is 23.5 Å². The lowest BCUT2D eigenvalue weighted by Crippen LogP contribution is -2.64. The number of nitrogens with zero attached hydrogens (tertiary/aromatic N) is 7. The molecule has 0 bridgehead atoms. The number of fused-ring (bicyclic) bond motifs is 2. The summed E-state index contributed by atoms with van der Waals surface area (Å²) in [7, 11) is 0. The van der Waals surface area contributed by atoms with Gasteiger partial charge in [0.05, 0.1) is 39.4 Å². The molecule has 1 N–H and O–H groups in total. The van der Waals surface area contributed by atoms with Crippen molar-refractivity contribution in [2.45, 2.75) is 44.7 Å². The van der Waals surface area contributed by atoms with Crippen molar-refractivity contribution in [3.8, 4) is 22.9 Å². The van der Waals surface area contributed by atoms with E-state index in [9.17, 15) is 28.7 Å². The number of hydrogen-bond acceptors (Lipinski definition) is 10. The number of thiophene rings is 1. The maximum absolute atomic E-state index is 14.0. The maximum atomic E-state index is 14.0. The molecule has 0 amide bonds. The van der Waals surface area contributed by atoms with Crippen molar-refractivity contribution >= 4 is 55.8 Å². The van der Waals surface area contributed by atoms with Crippen molar-refractivity contribution < 1.29 is 23.4 Å². The number of rotatable bonds is 8. The summed E-state index contributed by atoms with van der Waals surface area (Å²) < 4.78 is 35.7. The second-order valence-electron chi connectivity index (χ2n) is 12.6. The molecule has 0 radical (unpaired) electrons. The Morgan fingerprint density at radius 1 is 1.16 bits per heavy atom. The Balaban J connectivity index is 1.14. The highest BCUT2D eigenvalue weighted by Crippen LogP contribution is 2.49. The van der Waals surface area contributed by atoms with Crippen LogP contribution in [0.25, 0.3) is 32.2 Å². The van der Waals surface area contributed by atoms with Crippen LogP contribution in [0.1, 0.15) is 41.5 Å². The third-order valence-corrected chi connectivity index (χ3v) is 10.6. The molecule has 1 aliphatic carbocycles. The normalized spacial score (nSPS) is 17.2. The SMILES string of the molecule is Cc1nc2cnc(N3CCN(C4(C)CC(F)(F)C4)CC3)c(C#N)c2c(=O)n1CCOc1ccc(Cl)cc1-c1ccnc2c(C(=O)O)csc12. The van der Waals surface area contributed by atoms with Crippen molar-refractivity contribution in [2.75, 3.05) is 37.7 Å². The molecule has 0 unspecified atom stereocenters. The van der Waals surface area contributed by atoms with E-state index in [2.05, 4.69) is 25.9 Å². The highest BCUT2D eigenvalue weighted by atomic mass is 35.5. The van der Waals surface area contributed by atoms with Gasteiger partial charge in [-0.05, 0) is 38.1 Å². The molecule has 2 fully saturated rings. The second-order valence-corrected chi connectivity index (χ2v) is 13.9. The van der Waals surface area contributed by atoms with Crippen LogP contribution < -0.4 is 15.2 Å². The molecular formula is C34H30ClF2N7O4S. The zero-order chi connectivity index (χ0) is 34.7. The minimum absolute atomic E-state index is 0.0706. The number of hydrogen-bond donors (Lipinski definition) is 1. The van der Waals surface area contributed by atoms with E-state index in [1.807, 2.05) is 11.8 Å². The summed E-state index contributed by atoms with van der Waals surface area (Å²) >= 11 is 7.63. The molecule has 7 rings (SSSR count). The first-order chi connectivity index (χ1) is 23.4. The number of carboxylic acid groups (broad SMARTS) is 1. The van der Waals surface area contributed by atoms with Gasteiger partial charge >= 0.3 is 5.97 Å². The first-order valence-corrected chi connectivity index (χ1v) is 16.9. The fourth-order valence-corrected chi connectivity index (χ4v) is 8.24. The molecule has 2 aliphatic rings. The molecule has 15 heteroatoms. The lowest BCUT2D eigenvalue weighted by atomic mass is 9.73. The quantitative estimate of drug-likeness (QED) is 0.205. The number of anilines is 1. The van der Waals surface area contributed by atoms with Gasteiger partial charge in [0.25, 0.3) is 11.5 Å². The smallest absolute Gasteiger partial charge is 0.338 e.